The smallest absolute Gasteiger partial charge is 0.319 e. The number of nitrogens with zero attached hydrogens (tertiary/aromatic N) is 6. The summed E-state index contributed by atoms with van der Waals surface area (Å²) in [4.78, 5) is 19.8. The molecule has 3 N–H and O–H groups in total. The van der Waals surface area contributed by atoms with Crippen molar-refractivity contribution in [3.63, 3.8) is 0 Å². The Labute approximate surface area is 122 Å². The maximum absolute atomic E-state index is 11.2. The lowest BCUT2D eigenvalue weighted by Crippen LogP contribution is -2.22. The van der Waals surface area contributed by atoms with E-state index in [-0.39, 0.29) is 5.95 Å². The van der Waals surface area contributed by atoms with Crippen LogP contribution < -0.4 is 11.1 Å². The van der Waals surface area contributed by atoms with Crippen molar-refractivity contribution in [2.45, 2.75) is 0 Å². The molecular formula is C12H10N8O2. The maximum Gasteiger partial charge on any atom is 0.319 e. The molecule has 0 atom stereocenters. The van der Waals surface area contributed by atoms with Crippen LogP contribution in [0, 0.1) is 0 Å². The van der Waals surface area contributed by atoms with Gasteiger partial charge < -0.3 is 10.2 Å². The molecule has 0 bridgehead atoms. The third kappa shape index (κ3) is 1.78. The first-order valence-corrected chi connectivity index (χ1v) is 6.32. The molecule has 0 aliphatic rings. The van der Waals surface area contributed by atoms with Gasteiger partial charge in [0.15, 0.2) is 17.1 Å². The molecule has 4 aromatic heterocycles. The first-order valence-electron chi connectivity index (χ1n) is 6.32. The second-order valence-electron chi connectivity index (χ2n) is 4.61. The first kappa shape index (κ1) is 12.3. The fourth-order valence-corrected chi connectivity index (χ4v) is 2.20. The number of aromatic nitrogens is 6. The van der Waals surface area contributed by atoms with Crippen molar-refractivity contribution in [3.05, 3.63) is 24.6 Å². The van der Waals surface area contributed by atoms with Crippen LogP contribution in [-0.4, -0.2) is 35.4 Å². The summed E-state index contributed by atoms with van der Waals surface area (Å²) in [5, 5.41) is 11.6. The van der Waals surface area contributed by atoms with E-state index in [0.717, 1.165) is 0 Å². The van der Waals surface area contributed by atoms with Crippen LogP contribution in [0.2, 0.25) is 0 Å². The monoisotopic (exact) mass is 298 g/mol. The number of urea groups is 1. The molecule has 10 heteroatoms. The Morgan fingerprint density at radius 3 is 2.95 bits per heavy atom. The van der Waals surface area contributed by atoms with Crippen molar-refractivity contribution in [3.8, 4) is 11.6 Å². The molecule has 4 heterocycles. The molecule has 0 saturated heterocycles. The molecule has 110 valence electrons. The molecule has 0 radical (unpaired) electrons. The van der Waals surface area contributed by atoms with Gasteiger partial charge in [-0.2, -0.15) is 14.6 Å². The van der Waals surface area contributed by atoms with Gasteiger partial charge in [0.05, 0.1) is 11.6 Å². The highest BCUT2D eigenvalue weighted by Crippen LogP contribution is 2.23. The molecule has 22 heavy (non-hydrogen) atoms. The standard InChI is InChI=1S/C12H10N8O2/c1-19-5-6-8(17-19)15-12(16-11(13)21)20-10(6)14-9(18-20)7-3-2-4-22-7/h2-5H,1H3,(H3,13,15,16,17,21). The predicted molar refractivity (Wildman–Crippen MR) is 76.0 cm³/mol. The Balaban J connectivity index is 2.05. The number of furan rings is 1. The number of anilines is 1. The third-order valence-corrected chi connectivity index (χ3v) is 3.05. The minimum Gasteiger partial charge on any atom is -0.461 e. The van der Waals surface area contributed by atoms with Crippen LogP contribution in [0.4, 0.5) is 10.7 Å². The van der Waals surface area contributed by atoms with E-state index >= 15 is 0 Å². The van der Waals surface area contributed by atoms with E-state index in [1.807, 2.05) is 0 Å². The molecular weight excluding hydrogens is 288 g/mol. The van der Waals surface area contributed by atoms with Gasteiger partial charge in [0.2, 0.25) is 11.8 Å². The topological polar surface area (TPSA) is 129 Å². The first-order chi connectivity index (χ1) is 10.6. The molecule has 0 aliphatic carbocycles. The highest BCUT2D eigenvalue weighted by atomic mass is 16.3. The van der Waals surface area contributed by atoms with Crippen LogP contribution in [0.25, 0.3) is 28.3 Å². The Hall–Kier alpha value is -3.43. The van der Waals surface area contributed by atoms with Crippen molar-refractivity contribution >= 4 is 28.7 Å². The lowest BCUT2D eigenvalue weighted by molar-refractivity contribution is 0.259. The van der Waals surface area contributed by atoms with E-state index in [9.17, 15) is 4.79 Å². The zero-order chi connectivity index (χ0) is 15.3. The van der Waals surface area contributed by atoms with Crippen LogP contribution in [0.3, 0.4) is 0 Å². The number of carbonyl (C=O) groups excluding carboxylic acids is 1. The summed E-state index contributed by atoms with van der Waals surface area (Å²) in [6.45, 7) is 0. The summed E-state index contributed by atoms with van der Waals surface area (Å²) in [5.41, 5.74) is 6.09. The zero-order valence-corrected chi connectivity index (χ0v) is 11.4. The average Bonchev–Trinajstić information content (AvgIpc) is 3.14. The Morgan fingerprint density at radius 1 is 1.36 bits per heavy atom. The van der Waals surface area contributed by atoms with Crippen LogP contribution in [0.15, 0.2) is 29.0 Å². The Bertz CT molecular complexity index is 997. The Morgan fingerprint density at radius 2 is 2.23 bits per heavy atom. The molecule has 0 fully saturated rings. The van der Waals surface area contributed by atoms with Gasteiger partial charge in [-0.25, -0.2) is 9.78 Å². The third-order valence-electron chi connectivity index (χ3n) is 3.05. The molecule has 4 rings (SSSR count). The summed E-state index contributed by atoms with van der Waals surface area (Å²) >= 11 is 0. The molecule has 0 saturated carbocycles. The van der Waals surface area contributed by atoms with Crippen LogP contribution in [-0.2, 0) is 7.05 Å². The largest absolute Gasteiger partial charge is 0.461 e. The molecule has 0 aliphatic heterocycles. The van der Waals surface area contributed by atoms with Crippen molar-refractivity contribution in [1.82, 2.24) is 29.4 Å². The highest BCUT2D eigenvalue weighted by Gasteiger charge is 2.18. The van der Waals surface area contributed by atoms with Gasteiger partial charge >= 0.3 is 6.03 Å². The van der Waals surface area contributed by atoms with E-state index in [2.05, 4.69) is 25.5 Å². The summed E-state index contributed by atoms with van der Waals surface area (Å²) in [6.07, 6.45) is 3.30. The van der Waals surface area contributed by atoms with E-state index in [1.165, 1.54) is 10.8 Å². The van der Waals surface area contributed by atoms with Gasteiger partial charge in [-0.15, -0.1) is 5.10 Å². The quantitative estimate of drug-likeness (QED) is 0.562. The lowest BCUT2D eigenvalue weighted by atomic mass is 10.4. The minimum atomic E-state index is -0.751. The van der Waals surface area contributed by atoms with E-state index in [1.54, 1.807) is 30.1 Å². The molecule has 10 nitrogen and oxygen atoms in total. The molecule has 4 aromatic rings. The van der Waals surface area contributed by atoms with Crippen molar-refractivity contribution in [2.24, 2.45) is 12.8 Å². The van der Waals surface area contributed by atoms with Crippen molar-refractivity contribution in [2.75, 3.05) is 5.32 Å². The number of primary amides is 1. The molecule has 2 amide bonds. The van der Waals surface area contributed by atoms with E-state index in [4.69, 9.17) is 10.2 Å². The lowest BCUT2D eigenvalue weighted by Gasteiger charge is -2.02. The van der Waals surface area contributed by atoms with Gasteiger partial charge in [-0.05, 0) is 12.1 Å². The second kappa shape index (κ2) is 4.28. The van der Waals surface area contributed by atoms with Gasteiger partial charge in [0.1, 0.15) is 0 Å². The van der Waals surface area contributed by atoms with E-state index < -0.39 is 6.03 Å². The SMILES string of the molecule is Cn1cc2c(nc(NC(N)=O)n3nc(-c4ccco4)nc23)n1. The van der Waals surface area contributed by atoms with Gasteiger partial charge in [-0.3, -0.25) is 10.00 Å². The number of amides is 2. The van der Waals surface area contributed by atoms with Gasteiger partial charge in [0, 0.05) is 13.2 Å². The number of hydrogen-bond acceptors (Lipinski definition) is 6. The predicted octanol–water partition coefficient (Wildman–Crippen LogP) is 0.762. The molecule has 0 unspecified atom stereocenters. The van der Waals surface area contributed by atoms with Crippen LogP contribution >= 0.6 is 0 Å². The van der Waals surface area contributed by atoms with Crippen molar-refractivity contribution < 1.29 is 9.21 Å². The Kier molecular flexibility index (Phi) is 2.40. The fourth-order valence-electron chi connectivity index (χ4n) is 2.20. The summed E-state index contributed by atoms with van der Waals surface area (Å²) in [5.74, 6) is 1.01. The minimum absolute atomic E-state index is 0.138. The highest BCUT2D eigenvalue weighted by molar-refractivity contribution is 5.93. The number of nitrogens with one attached hydrogen (secondary N) is 1. The molecule has 0 spiro atoms. The number of aryl methyl sites for hydroxylation is 1. The normalized spacial score (nSPS) is 11.3. The van der Waals surface area contributed by atoms with Crippen LogP contribution in [0.5, 0.6) is 0 Å². The maximum atomic E-state index is 11.2. The molecule has 0 aromatic carbocycles. The number of nitrogens with two attached hydrogens (primary N) is 1. The van der Waals surface area contributed by atoms with Gasteiger partial charge in [-0.1, -0.05) is 0 Å². The fraction of sp³-hybridized carbons (Fsp3) is 0.0833. The average molecular weight is 298 g/mol. The number of carbonyl (C=O) groups is 1. The van der Waals surface area contributed by atoms with Gasteiger partial charge in [0.25, 0.3) is 0 Å². The summed E-state index contributed by atoms with van der Waals surface area (Å²) < 4.78 is 8.30. The van der Waals surface area contributed by atoms with Crippen LogP contribution in [0.1, 0.15) is 0 Å². The zero-order valence-electron chi connectivity index (χ0n) is 11.4. The number of fused-ring (bicyclic) bond motifs is 3. The summed E-state index contributed by atoms with van der Waals surface area (Å²) in [7, 11) is 1.77. The number of hydrogen-bond donors (Lipinski definition) is 2. The number of rotatable bonds is 2. The summed E-state index contributed by atoms with van der Waals surface area (Å²) in [6, 6.07) is 2.73. The van der Waals surface area contributed by atoms with Crippen molar-refractivity contribution in [1.29, 1.82) is 0 Å². The second-order valence-corrected chi connectivity index (χ2v) is 4.61. The van der Waals surface area contributed by atoms with E-state index in [0.29, 0.717) is 28.3 Å².